The second-order valence-electron chi connectivity index (χ2n) is 6.21. The molecule has 0 radical (unpaired) electrons. The summed E-state index contributed by atoms with van der Waals surface area (Å²) >= 11 is 0. The highest BCUT2D eigenvalue weighted by atomic mass is 15.0. The van der Waals surface area contributed by atoms with Crippen LogP contribution in [0.2, 0.25) is 0 Å². The predicted octanol–water partition coefficient (Wildman–Crippen LogP) is 6.42. The molecule has 2 heterocycles. The molecule has 2 aromatic heterocycles. The Balaban J connectivity index is 2.01. The molecular weight excluding hydrogens is 316 g/mol. The molecule has 122 valence electrons. The van der Waals surface area contributed by atoms with Gasteiger partial charge in [0, 0.05) is 32.7 Å². The van der Waals surface area contributed by atoms with Crippen molar-refractivity contribution in [3.05, 3.63) is 90.8 Å². The quantitative estimate of drug-likeness (QED) is 0.357. The van der Waals surface area contributed by atoms with Crippen molar-refractivity contribution >= 4 is 43.6 Å². The minimum absolute atomic E-state index is 0.0172. The standard InChI is InChI=1S/C24H16N2/c1-2-8-16(9-3-1)26-22-13-7-5-11-18(22)20-15-14-19-17-10-4-6-12-21(17)25-23(19)24(20)26/h1-15,25H/i4D,5D,7D,10D,11D,14D,15D. The van der Waals surface area contributed by atoms with E-state index in [0.29, 0.717) is 43.6 Å². The summed E-state index contributed by atoms with van der Waals surface area (Å²) in [6.07, 6.45) is 0. The van der Waals surface area contributed by atoms with E-state index in [1.54, 1.807) is 6.07 Å². The van der Waals surface area contributed by atoms with Crippen LogP contribution in [0.4, 0.5) is 0 Å². The molecule has 0 aliphatic carbocycles. The number of nitrogens with one attached hydrogen (secondary N) is 1. The maximum Gasteiger partial charge on any atom is 0.0783 e. The summed E-state index contributed by atoms with van der Waals surface area (Å²) in [4.78, 5) is 3.29. The highest BCUT2D eigenvalue weighted by molar-refractivity contribution is 6.22. The summed E-state index contributed by atoms with van der Waals surface area (Å²) in [5.41, 5.74) is 2.92. The van der Waals surface area contributed by atoms with Gasteiger partial charge in [0.1, 0.15) is 0 Å². The van der Waals surface area contributed by atoms with Crippen molar-refractivity contribution in [2.24, 2.45) is 0 Å². The SMILES string of the molecule is [2H]c1cc2c(c([2H])c1[2H])c1c([2H])c([2H])c3c([nH]c4ccc([2H])c([2H])c43)c1n2-c1ccccc1. The molecule has 0 aliphatic rings. The Morgan fingerprint density at radius 3 is 2.46 bits per heavy atom. The van der Waals surface area contributed by atoms with Crippen molar-refractivity contribution in [2.45, 2.75) is 0 Å². The van der Waals surface area contributed by atoms with Gasteiger partial charge in [-0.15, -0.1) is 0 Å². The second kappa shape index (κ2) is 4.99. The smallest absolute Gasteiger partial charge is 0.0783 e. The largest absolute Gasteiger partial charge is 0.353 e. The molecule has 4 aromatic carbocycles. The van der Waals surface area contributed by atoms with Crippen LogP contribution < -0.4 is 0 Å². The first-order valence-corrected chi connectivity index (χ1v) is 8.32. The number of rotatable bonds is 1. The molecule has 0 spiro atoms. The summed E-state index contributed by atoms with van der Waals surface area (Å²) in [6, 6.07) is 13.4. The number of aromatic nitrogens is 2. The van der Waals surface area contributed by atoms with E-state index in [-0.39, 0.29) is 42.3 Å². The summed E-state index contributed by atoms with van der Waals surface area (Å²) in [5, 5.41) is 1.50. The number of hydrogen-bond donors (Lipinski definition) is 1. The van der Waals surface area contributed by atoms with Gasteiger partial charge in [-0.25, -0.2) is 0 Å². The Bertz CT molecular complexity index is 1780. The number of nitrogens with zero attached hydrogens (tertiary/aromatic N) is 1. The van der Waals surface area contributed by atoms with Crippen LogP contribution in [0.5, 0.6) is 0 Å². The molecule has 0 aliphatic heterocycles. The Kier molecular flexibility index (Phi) is 1.68. The van der Waals surface area contributed by atoms with Crippen molar-refractivity contribution in [2.75, 3.05) is 0 Å². The summed E-state index contributed by atoms with van der Waals surface area (Å²) in [5.74, 6) is 0. The topological polar surface area (TPSA) is 20.7 Å². The van der Waals surface area contributed by atoms with Crippen LogP contribution in [0.1, 0.15) is 9.60 Å². The van der Waals surface area contributed by atoms with Crippen molar-refractivity contribution < 1.29 is 9.60 Å². The lowest BCUT2D eigenvalue weighted by molar-refractivity contribution is 1.18. The number of benzene rings is 4. The lowest BCUT2D eigenvalue weighted by Crippen LogP contribution is -1.93. The van der Waals surface area contributed by atoms with Crippen LogP contribution in [0, 0.1) is 0 Å². The molecule has 0 bridgehead atoms. The number of para-hydroxylation sites is 3. The Hall–Kier alpha value is -3.52. The van der Waals surface area contributed by atoms with Crippen LogP contribution in [-0.4, -0.2) is 9.55 Å². The maximum atomic E-state index is 8.87. The van der Waals surface area contributed by atoms with Crippen LogP contribution in [-0.2, 0) is 0 Å². The molecule has 6 aromatic rings. The highest BCUT2D eigenvalue weighted by Crippen LogP contribution is 2.38. The van der Waals surface area contributed by atoms with E-state index < -0.39 is 0 Å². The first-order chi connectivity index (χ1) is 15.8. The van der Waals surface area contributed by atoms with Crippen LogP contribution >= 0.6 is 0 Å². The Labute approximate surface area is 160 Å². The van der Waals surface area contributed by atoms with Crippen LogP contribution in [0.25, 0.3) is 49.3 Å². The van der Waals surface area contributed by atoms with Gasteiger partial charge in [-0.3, -0.25) is 0 Å². The zero-order valence-electron chi connectivity index (χ0n) is 20.6. The van der Waals surface area contributed by atoms with Gasteiger partial charge in [-0.2, -0.15) is 0 Å². The molecule has 2 heteroatoms. The molecule has 0 saturated carbocycles. The number of aromatic amines is 1. The molecule has 0 fully saturated rings. The van der Waals surface area contributed by atoms with Crippen LogP contribution in [0.3, 0.4) is 0 Å². The maximum absolute atomic E-state index is 8.87. The van der Waals surface area contributed by atoms with Crippen molar-refractivity contribution in [1.82, 2.24) is 9.55 Å². The second-order valence-corrected chi connectivity index (χ2v) is 6.21. The Morgan fingerprint density at radius 1 is 0.692 bits per heavy atom. The Morgan fingerprint density at radius 2 is 1.54 bits per heavy atom. The summed E-state index contributed by atoms with van der Waals surface area (Å²) in [6.45, 7) is 0. The molecule has 0 unspecified atom stereocenters. The minimum atomic E-state index is -0.232. The van der Waals surface area contributed by atoms with Gasteiger partial charge < -0.3 is 9.55 Å². The third kappa shape index (κ3) is 1.71. The van der Waals surface area contributed by atoms with Gasteiger partial charge in [0.15, 0.2) is 0 Å². The third-order valence-electron chi connectivity index (χ3n) is 4.80. The van der Waals surface area contributed by atoms with E-state index in [1.165, 1.54) is 12.1 Å². The summed E-state index contributed by atoms with van der Waals surface area (Å²) in [7, 11) is 0. The van der Waals surface area contributed by atoms with Gasteiger partial charge in [0.2, 0.25) is 0 Å². The molecule has 6 rings (SSSR count). The lowest BCUT2D eigenvalue weighted by atomic mass is 10.1. The normalized spacial score (nSPS) is 15.6. The molecule has 1 N–H and O–H groups in total. The highest BCUT2D eigenvalue weighted by Gasteiger charge is 2.16. The molecular formula is C24H16N2. The van der Waals surface area contributed by atoms with Gasteiger partial charge in [-0.1, -0.05) is 66.6 Å². The van der Waals surface area contributed by atoms with E-state index in [2.05, 4.69) is 4.98 Å². The average Bonchev–Trinajstić information content (AvgIpc) is 3.36. The first-order valence-electron chi connectivity index (χ1n) is 11.8. The fourth-order valence-corrected chi connectivity index (χ4v) is 3.70. The molecule has 0 amide bonds. The van der Waals surface area contributed by atoms with Crippen LogP contribution in [0.15, 0.2) is 90.8 Å². The number of fused-ring (bicyclic) bond motifs is 7. The van der Waals surface area contributed by atoms with E-state index >= 15 is 0 Å². The van der Waals surface area contributed by atoms with E-state index in [0.717, 1.165) is 5.69 Å². The molecule has 0 atom stereocenters. The van der Waals surface area contributed by atoms with Crippen molar-refractivity contribution in [1.29, 1.82) is 0 Å². The minimum Gasteiger partial charge on any atom is -0.353 e. The first kappa shape index (κ1) is 8.72. The fourth-order valence-electron chi connectivity index (χ4n) is 3.70. The van der Waals surface area contributed by atoms with Gasteiger partial charge in [0.25, 0.3) is 0 Å². The summed E-state index contributed by atoms with van der Waals surface area (Å²) < 4.78 is 61.0. The van der Waals surface area contributed by atoms with E-state index in [9.17, 15) is 0 Å². The molecule has 2 nitrogen and oxygen atoms in total. The van der Waals surface area contributed by atoms with Gasteiger partial charge >= 0.3 is 0 Å². The zero-order chi connectivity index (χ0) is 23.2. The van der Waals surface area contributed by atoms with Crippen molar-refractivity contribution in [3.8, 4) is 5.69 Å². The monoisotopic (exact) mass is 339 g/mol. The number of H-pyrrole nitrogens is 1. The lowest BCUT2D eigenvalue weighted by Gasteiger charge is -2.08. The molecule has 26 heavy (non-hydrogen) atoms. The zero-order valence-corrected chi connectivity index (χ0v) is 13.6. The molecule has 0 saturated heterocycles. The fraction of sp³-hybridized carbons (Fsp3) is 0. The third-order valence-corrected chi connectivity index (χ3v) is 4.80. The van der Waals surface area contributed by atoms with Gasteiger partial charge in [-0.05, 0) is 24.3 Å². The van der Waals surface area contributed by atoms with Crippen molar-refractivity contribution in [3.63, 3.8) is 0 Å². The van der Waals surface area contributed by atoms with Gasteiger partial charge in [0.05, 0.1) is 26.1 Å². The number of hydrogen-bond acceptors (Lipinski definition) is 0. The van der Waals surface area contributed by atoms with E-state index in [4.69, 9.17) is 9.60 Å². The predicted molar refractivity (Wildman–Crippen MR) is 110 cm³/mol. The van der Waals surface area contributed by atoms with E-state index in [1.807, 2.05) is 34.9 Å². The average molecular weight is 339 g/mol.